The number of amides is 3. The lowest BCUT2D eigenvalue weighted by atomic mass is 9.85. The molecule has 1 aliphatic heterocycles. The molecule has 2 unspecified atom stereocenters. The molecule has 0 bridgehead atoms. The number of aryl methyl sites for hydroxylation is 1. The van der Waals surface area contributed by atoms with Gasteiger partial charge in [0.2, 0.25) is 0 Å². The number of carbonyl (C=O) groups excluding carboxylic acids is 2. The van der Waals surface area contributed by atoms with E-state index in [1.54, 1.807) is 0 Å². The largest absolute Gasteiger partial charge is 0.413 e. The van der Waals surface area contributed by atoms with Crippen LogP contribution in [0, 0.1) is 12.3 Å². The van der Waals surface area contributed by atoms with Gasteiger partial charge in [-0.1, -0.05) is 19.0 Å². The molecule has 0 radical (unpaired) electrons. The zero-order valence-electron chi connectivity index (χ0n) is 23.8. The van der Waals surface area contributed by atoms with Crippen molar-refractivity contribution in [1.82, 2.24) is 40.4 Å². The Bertz CT molecular complexity index is 1490. The van der Waals surface area contributed by atoms with Crippen LogP contribution in [0.2, 0.25) is 0 Å². The van der Waals surface area contributed by atoms with Crippen LogP contribution in [-0.2, 0) is 4.74 Å². The van der Waals surface area contributed by atoms with Crippen LogP contribution in [-0.4, -0.2) is 79.9 Å². The molecule has 4 heterocycles. The number of carbonyl (C=O) groups is 2. The molecule has 0 aliphatic carbocycles. The molecule has 236 valence electrons. The molecule has 2 N–H and O–H groups in total. The predicted molar refractivity (Wildman–Crippen MR) is 136 cm³/mol. The monoisotopic (exact) mass is 620 g/mol. The van der Waals surface area contributed by atoms with Crippen molar-refractivity contribution in [2.24, 2.45) is 5.41 Å². The van der Waals surface area contributed by atoms with Gasteiger partial charge in [-0.05, 0) is 37.9 Å². The smallest absolute Gasteiger partial charge is 0.382 e. The van der Waals surface area contributed by atoms with Gasteiger partial charge in [-0.15, -0.1) is 0 Å². The molecule has 12 nitrogen and oxygen atoms in total. The Morgan fingerprint density at radius 2 is 1.93 bits per heavy atom. The first-order chi connectivity index (χ1) is 19.9. The van der Waals surface area contributed by atoms with Gasteiger partial charge in [0.1, 0.15) is 5.69 Å². The first kappa shape index (κ1) is 32.0. The highest BCUT2D eigenvalue weighted by Gasteiger charge is 2.58. The Hall–Kier alpha value is -3.96. The van der Waals surface area contributed by atoms with Gasteiger partial charge in [0.05, 0.1) is 48.7 Å². The fourth-order valence-corrected chi connectivity index (χ4v) is 4.56. The molecule has 3 amide bonds. The van der Waals surface area contributed by atoms with Crippen LogP contribution < -0.4 is 10.6 Å². The molecule has 0 spiro atoms. The minimum Gasteiger partial charge on any atom is -0.382 e. The van der Waals surface area contributed by atoms with E-state index in [1.807, 2.05) is 5.32 Å². The van der Waals surface area contributed by atoms with Crippen molar-refractivity contribution in [1.29, 1.82) is 0 Å². The number of alkyl halides is 6. The summed E-state index contributed by atoms with van der Waals surface area (Å²) in [4.78, 5) is 30.9. The molecular formula is C25H30F6N8O4. The number of imidazole rings is 1. The molecule has 0 saturated carbocycles. The van der Waals surface area contributed by atoms with Gasteiger partial charge in [-0.25, -0.2) is 18.9 Å². The van der Waals surface area contributed by atoms with Gasteiger partial charge in [0, 0.05) is 12.7 Å². The van der Waals surface area contributed by atoms with Crippen LogP contribution in [0.1, 0.15) is 73.1 Å². The summed E-state index contributed by atoms with van der Waals surface area (Å²) >= 11 is 0. The normalized spacial score (nSPS) is 19.5. The zero-order chi connectivity index (χ0) is 32.0. The lowest BCUT2D eigenvalue weighted by Gasteiger charge is -2.29. The van der Waals surface area contributed by atoms with Gasteiger partial charge in [-0.3, -0.25) is 4.79 Å². The summed E-state index contributed by atoms with van der Waals surface area (Å²) in [6.07, 6.45) is -7.03. The van der Waals surface area contributed by atoms with Gasteiger partial charge >= 0.3 is 18.4 Å². The Morgan fingerprint density at radius 1 is 1.23 bits per heavy atom. The maximum absolute atomic E-state index is 13.6. The van der Waals surface area contributed by atoms with E-state index in [-0.39, 0.29) is 42.2 Å². The number of aromatic nitrogens is 5. The number of fused-ring (bicyclic) bond motifs is 1. The summed E-state index contributed by atoms with van der Waals surface area (Å²) in [6.45, 7) is 3.59. The SMILES string of the molecule is COCC(c1cnn2cc(C(CCC(C)(C)C(F)(F)F)NC(=O)c3nonc3C)nc2c1)N1C[C@@](C)(C(F)(F)F)NC1=O. The van der Waals surface area contributed by atoms with Crippen molar-refractivity contribution < 1.29 is 45.3 Å². The third kappa shape index (κ3) is 6.37. The molecule has 3 aromatic heterocycles. The van der Waals surface area contributed by atoms with Crippen LogP contribution in [0.4, 0.5) is 31.1 Å². The summed E-state index contributed by atoms with van der Waals surface area (Å²) in [6, 6.07) is -1.47. The van der Waals surface area contributed by atoms with Gasteiger partial charge in [0.25, 0.3) is 5.91 Å². The molecule has 3 atom stereocenters. The maximum Gasteiger partial charge on any atom is 0.413 e. The molecule has 4 rings (SSSR count). The van der Waals surface area contributed by atoms with E-state index in [0.29, 0.717) is 5.56 Å². The Labute approximate surface area is 241 Å². The number of hydrogen-bond acceptors (Lipinski definition) is 8. The van der Waals surface area contributed by atoms with E-state index in [1.165, 1.54) is 37.0 Å². The van der Waals surface area contributed by atoms with E-state index < -0.39 is 53.9 Å². The first-order valence-corrected chi connectivity index (χ1v) is 13.0. The average Bonchev–Trinajstić information content (AvgIpc) is 3.60. The van der Waals surface area contributed by atoms with Crippen molar-refractivity contribution in [2.75, 3.05) is 20.3 Å². The highest BCUT2D eigenvalue weighted by Crippen LogP contribution is 2.42. The highest BCUT2D eigenvalue weighted by molar-refractivity contribution is 5.93. The van der Waals surface area contributed by atoms with E-state index in [2.05, 4.69) is 30.3 Å². The number of urea groups is 1. The van der Waals surface area contributed by atoms with Crippen LogP contribution in [0.25, 0.3) is 5.65 Å². The molecule has 1 aliphatic rings. The molecule has 18 heteroatoms. The number of rotatable bonds is 10. The number of nitrogens with one attached hydrogen (secondary N) is 2. The quantitative estimate of drug-likeness (QED) is 0.320. The second kappa shape index (κ2) is 11.3. The zero-order valence-corrected chi connectivity index (χ0v) is 23.8. The average molecular weight is 621 g/mol. The molecule has 43 heavy (non-hydrogen) atoms. The summed E-state index contributed by atoms with van der Waals surface area (Å²) in [7, 11) is 1.32. The Kier molecular flexibility index (Phi) is 8.38. The van der Waals surface area contributed by atoms with Gasteiger partial charge < -0.3 is 20.3 Å². The van der Waals surface area contributed by atoms with E-state index in [4.69, 9.17) is 4.74 Å². The maximum atomic E-state index is 13.6. The third-order valence-corrected chi connectivity index (χ3v) is 7.56. The molecule has 3 aromatic rings. The van der Waals surface area contributed by atoms with E-state index in [9.17, 15) is 35.9 Å². The third-order valence-electron chi connectivity index (χ3n) is 7.56. The van der Waals surface area contributed by atoms with Gasteiger partial charge in [0.15, 0.2) is 16.9 Å². The number of hydrogen-bond donors (Lipinski definition) is 2. The van der Waals surface area contributed by atoms with E-state index >= 15 is 0 Å². The van der Waals surface area contributed by atoms with Crippen molar-refractivity contribution in [3.05, 3.63) is 41.1 Å². The second-order valence-corrected chi connectivity index (χ2v) is 11.3. The first-order valence-electron chi connectivity index (χ1n) is 13.0. The standard InChI is InChI=1S/C25H30F6N8O4/c1-13-19(37-43-36-13)20(40)34-15(6-7-22(2,3)24(26,27)28)16-10-39-18(33-16)8-14(9-32-39)17(11-42-5)38-12-23(4,25(29,30)31)35-21(38)41/h8-10,15,17H,6-7,11-12H2,1-5H3,(H,34,40)(H,35,41)/t15?,17?,23-/m0/s1. The van der Waals surface area contributed by atoms with Crippen LogP contribution >= 0.6 is 0 Å². The lowest BCUT2D eigenvalue weighted by molar-refractivity contribution is -0.214. The molecule has 1 fully saturated rings. The number of ether oxygens (including phenoxy) is 1. The van der Waals surface area contributed by atoms with Crippen molar-refractivity contribution in [3.8, 4) is 0 Å². The summed E-state index contributed by atoms with van der Waals surface area (Å²) in [5, 5.41) is 15.9. The highest BCUT2D eigenvalue weighted by atomic mass is 19.4. The van der Waals surface area contributed by atoms with Crippen LogP contribution in [0.5, 0.6) is 0 Å². The Morgan fingerprint density at radius 3 is 2.49 bits per heavy atom. The fraction of sp³-hybridized carbons (Fsp3) is 0.600. The van der Waals surface area contributed by atoms with Crippen molar-refractivity contribution >= 4 is 17.6 Å². The minimum absolute atomic E-state index is 0.151. The fourth-order valence-electron chi connectivity index (χ4n) is 4.56. The molecular weight excluding hydrogens is 590 g/mol. The van der Waals surface area contributed by atoms with E-state index in [0.717, 1.165) is 25.7 Å². The van der Waals surface area contributed by atoms with Gasteiger partial charge in [-0.2, -0.15) is 31.4 Å². The van der Waals surface area contributed by atoms with Crippen LogP contribution in [0.3, 0.4) is 0 Å². The topological polar surface area (TPSA) is 140 Å². The Balaban J connectivity index is 1.66. The number of nitrogens with zero attached hydrogens (tertiary/aromatic N) is 6. The summed E-state index contributed by atoms with van der Waals surface area (Å²) in [5.74, 6) is -0.743. The number of halogens is 6. The summed E-state index contributed by atoms with van der Waals surface area (Å²) in [5.41, 5.74) is -3.91. The molecule has 1 saturated heterocycles. The number of methoxy groups -OCH3 is 1. The van der Waals surface area contributed by atoms with Crippen LogP contribution in [0.15, 0.2) is 23.1 Å². The van der Waals surface area contributed by atoms with Crippen molar-refractivity contribution in [2.45, 2.75) is 70.5 Å². The molecule has 0 aromatic carbocycles. The predicted octanol–water partition coefficient (Wildman–Crippen LogP) is 4.29. The minimum atomic E-state index is -4.71. The lowest BCUT2D eigenvalue weighted by Crippen LogP contribution is -2.53. The summed E-state index contributed by atoms with van der Waals surface area (Å²) < 4.78 is 92.7. The van der Waals surface area contributed by atoms with Crippen molar-refractivity contribution in [3.63, 3.8) is 0 Å². The second-order valence-electron chi connectivity index (χ2n) is 11.3.